The van der Waals surface area contributed by atoms with E-state index >= 15 is 0 Å². The van der Waals surface area contributed by atoms with E-state index in [2.05, 4.69) is 9.72 Å². The van der Waals surface area contributed by atoms with Crippen molar-refractivity contribution in [1.29, 1.82) is 0 Å². The van der Waals surface area contributed by atoms with Crippen molar-refractivity contribution in [3.8, 4) is 5.88 Å². The molecule has 0 atom stereocenters. The number of primary sulfonamides is 1. The van der Waals surface area contributed by atoms with Gasteiger partial charge < -0.3 is 4.74 Å². The molecule has 0 aliphatic carbocycles. The van der Waals surface area contributed by atoms with Crippen molar-refractivity contribution in [2.45, 2.75) is 11.6 Å². The van der Waals surface area contributed by atoms with Gasteiger partial charge in [0.05, 0.1) is 0 Å². The number of hydrogen-bond donors (Lipinski definition) is 1. The quantitative estimate of drug-likeness (QED) is 0.877. The number of pyridine rings is 1. The summed E-state index contributed by atoms with van der Waals surface area (Å²) >= 11 is 0. The van der Waals surface area contributed by atoms with Crippen molar-refractivity contribution >= 4 is 15.7 Å². The number of nitrogens with two attached hydrogens (primary N) is 1. The number of aromatic nitrogens is 2. The van der Waals surface area contributed by atoms with Crippen molar-refractivity contribution in [2.75, 3.05) is 0 Å². The molecule has 0 aromatic carbocycles. The van der Waals surface area contributed by atoms with Crippen LogP contribution in [0.2, 0.25) is 0 Å². The molecule has 0 fully saturated rings. The van der Waals surface area contributed by atoms with Gasteiger partial charge >= 0.3 is 6.61 Å². The Morgan fingerprint density at radius 3 is 2.71 bits per heavy atom. The van der Waals surface area contributed by atoms with Gasteiger partial charge in [0.15, 0.2) is 0 Å². The summed E-state index contributed by atoms with van der Waals surface area (Å²) < 4.78 is 51.9. The predicted molar refractivity (Wildman–Crippen MR) is 53.2 cm³/mol. The molecule has 2 heterocycles. The van der Waals surface area contributed by atoms with Crippen molar-refractivity contribution in [3.05, 3.63) is 24.4 Å². The van der Waals surface area contributed by atoms with Crippen molar-refractivity contribution in [3.63, 3.8) is 0 Å². The zero-order valence-corrected chi connectivity index (χ0v) is 9.06. The summed E-state index contributed by atoms with van der Waals surface area (Å²) in [5, 5.41) is 4.33. The average molecular weight is 263 g/mol. The maximum Gasteiger partial charge on any atom is 0.388 e. The van der Waals surface area contributed by atoms with Crippen molar-refractivity contribution in [2.24, 2.45) is 5.14 Å². The van der Waals surface area contributed by atoms with Gasteiger partial charge in [-0.05, 0) is 12.1 Å². The van der Waals surface area contributed by atoms with Crippen LogP contribution in [0.5, 0.6) is 5.88 Å². The Morgan fingerprint density at radius 1 is 1.41 bits per heavy atom. The highest BCUT2D eigenvalue weighted by Crippen LogP contribution is 2.24. The summed E-state index contributed by atoms with van der Waals surface area (Å²) in [6.07, 6.45) is 1.33. The van der Waals surface area contributed by atoms with Gasteiger partial charge in [0.25, 0.3) is 15.9 Å². The fourth-order valence-corrected chi connectivity index (χ4v) is 2.14. The molecule has 0 spiro atoms. The van der Waals surface area contributed by atoms with Crippen LogP contribution in [-0.2, 0) is 10.0 Å². The molecule has 0 aliphatic heterocycles. The summed E-state index contributed by atoms with van der Waals surface area (Å²) in [4.78, 5) is 3.62. The lowest BCUT2D eigenvalue weighted by Gasteiger charge is -2.03. The molecule has 2 aromatic heterocycles. The number of ether oxygens (including phenoxy) is 1. The molecule has 2 rings (SSSR count). The fourth-order valence-electron chi connectivity index (χ4n) is 1.37. The van der Waals surface area contributed by atoms with E-state index in [-0.39, 0.29) is 5.65 Å². The monoisotopic (exact) mass is 263 g/mol. The highest BCUT2D eigenvalue weighted by Gasteiger charge is 2.25. The first kappa shape index (κ1) is 11.7. The second-order valence-electron chi connectivity index (χ2n) is 3.07. The molecule has 0 saturated carbocycles. The van der Waals surface area contributed by atoms with Crippen LogP contribution in [0, 0.1) is 0 Å². The third-order valence-electron chi connectivity index (χ3n) is 1.93. The zero-order chi connectivity index (χ0) is 12.6. The first-order valence-electron chi connectivity index (χ1n) is 4.34. The van der Waals surface area contributed by atoms with Crippen LogP contribution in [-0.4, -0.2) is 24.4 Å². The third kappa shape index (κ3) is 2.19. The molecule has 0 saturated heterocycles. The van der Waals surface area contributed by atoms with E-state index in [9.17, 15) is 17.2 Å². The summed E-state index contributed by atoms with van der Waals surface area (Å²) in [6.45, 7) is -3.18. The Kier molecular flexibility index (Phi) is 2.71. The molecule has 6 nitrogen and oxygen atoms in total. The normalized spacial score (nSPS) is 12.2. The topological polar surface area (TPSA) is 86.7 Å². The highest BCUT2D eigenvalue weighted by atomic mass is 32.2. The van der Waals surface area contributed by atoms with Crippen LogP contribution in [0.15, 0.2) is 29.4 Å². The smallest absolute Gasteiger partial charge is 0.388 e. The first-order chi connectivity index (χ1) is 7.89. The van der Waals surface area contributed by atoms with Gasteiger partial charge in [-0.3, -0.25) is 4.40 Å². The Morgan fingerprint density at radius 2 is 2.12 bits per heavy atom. The van der Waals surface area contributed by atoms with Gasteiger partial charge in [-0.2, -0.15) is 13.8 Å². The predicted octanol–water partition coefficient (Wildman–Crippen LogP) is 0.583. The van der Waals surface area contributed by atoms with Gasteiger partial charge in [0, 0.05) is 6.20 Å². The minimum absolute atomic E-state index is 0.146. The lowest BCUT2D eigenvalue weighted by molar-refractivity contribution is -0.0546. The fraction of sp³-hybridized carbons (Fsp3) is 0.125. The standard InChI is InChI=1S/C8H7F2N3O3S/c9-8(10)16-6-7(17(11,14)15)13-4-2-1-3-5(13)12-6/h1-4,8H,(H2,11,14,15). The second-order valence-corrected chi connectivity index (χ2v) is 4.55. The average Bonchev–Trinajstić information content (AvgIpc) is 2.53. The number of fused-ring (bicyclic) bond motifs is 1. The van der Waals surface area contributed by atoms with Crippen molar-refractivity contribution < 1.29 is 21.9 Å². The second kappa shape index (κ2) is 3.93. The molecular formula is C8H7F2N3O3S. The number of imidazole rings is 1. The van der Waals surface area contributed by atoms with Gasteiger partial charge in [-0.15, -0.1) is 0 Å². The summed E-state index contributed by atoms with van der Waals surface area (Å²) in [6, 6.07) is 4.52. The zero-order valence-electron chi connectivity index (χ0n) is 8.25. The largest absolute Gasteiger partial charge is 0.414 e. The number of hydrogen-bond acceptors (Lipinski definition) is 4. The SMILES string of the molecule is NS(=O)(=O)c1c(OC(F)F)nc2ccccn12. The summed E-state index contributed by atoms with van der Waals surface area (Å²) in [5.41, 5.74) is 0.146. The molecular weight excluding hydrogens is 256 g/mol. The summed E-state index contributed by atoms with van der Waals surface area (Å²) in [7, 11) is -4.22. The molecule has 0 amide bonds. The van der Waals surface area contributed by atoms with E-state index in [0.717, 1.165) is 4.40 Å². The van der Waals surface area contributed by atoms with Crippen LogP contribution in [0.1, 0.15) is 0 Å². The van der Waals surface area contributed by atoms with E-state index in [0.29, 0.717) is 0 Å². The Labute approximate surface area is 94.7 Å². The maximum absolute atomic E-state index is 12.1. The minimum atomic E-state index is -4.22. The summed E-state index contributed by atoms with van der Waals surface area (Å²) in [5.74, 6) is -0.714. The molecule has 17 heavy (non-hydrogen) atoms. The third-order valence-corrected chi connectivity index (χ3v) is 2.84. The molecule has 92 valence electrons. The van der Waals surface area contributed by atoms with Crippen LogP contribution in [0.25, 0.3) is 5.65 Å². The van der Waals surface area contributed by atoms with Crippen molar-refractivity contribution in [1.82, 2.24) is 9.38 Å². The maximum atomic E-state index is 12.1. The lowest BCUT2D eigenvalue weighted by atomic mass is 10.5. The highest BCUT2D eigenvalue weighted by molar-refractivity contribution is 7.89. The van der Waals surface area contributed by atoms with Crippen LogP contribution in [0.4, 0.5) is 8.78 Å². The minimum Gasteiger partial charge on any atom is -0.414 e. The Balaban J connectivity index is 2.74. The Bertz CT molecular complexity index is 653. The first-order valence-corrected chi connectivity index (χ1v) is 5.89. The van der Waals surface area contributed by atoms with E-state index in [1.54, 1.807) is 6.07 Å². The van der Waals surface area contributed by atoms with Gasteiger partial charge in [0.2, 0.25) is 5.03 Å². The van der Waals surface area contributed by atoms with Crippen LogP contribution < -0.4 is 9.88 Å². The number of nitrogens with zero attached hydrogens (tertiary/aromatic N) is 2. The van der Waals surface area contributed by atoms with E-state index < -0.39 is 27.5 Å². The van der Waals surface area contributed by atoms with Gasteiger partial charge in [-0.1, -0.05) is 6.07 Å². The number of sulfonamides is 1. The molecule has 2 aromatic rings. The molecule has 9 heteroatoms. The Hall–Kier alpha value is -1.74. The van der Waals surface area contributed by atoms with E-state index in [4.69, 9.17) is 5.14 Å². The molecule has 2 N–H and O–H groups in total. The molecule has 0 bridgehead atoms. The lowest BCUT2D eigenvalue weighted by Crippen LogP contribution is -2.16. The molecule has 0 aliphatic rings. The number of alkyl halides is 2. The number of rotatable bonds is 3. The van der Waals surface area contributed by atoms with E-state index in [1.165, 1.54) is 18.3 Å². The molecule has 0 radical (unpaired) electrons. The van der Waals surface area contributed by atoms with E-state index in [1.807, 2.05) is 0 Å². The molecule has 0 unspecified atom stereocenters. The van der Waals surface area contributed by atoms with Crippen LogP contribution in [0.3, 0.4) is 0 Å². The van der Waals surface area contributed by atoms with Gasteiger partial charge in [0.1, 0.15) is 5.65 Å². The van der Waals surface area contributed by atoms with Gasteiger partial charge in [-0.25, -0.2) is 13.6 Å². The van der Waals surface area contributed by atoms with Crippen LogP contribution >= 0.6 is 0 Å². The number of halogens is 2.